The molecule has 0 radical (unpaired) electrons. The van der Waals surface area contributed by atoms with Gasteiger partial charge >= 0.3 is 0 Å². The molecule has 2 aromatic carbocycles. The summed E-state index contributed by atoms with van der Waals surface area (Å²) in [5.41, 5.74) is 22.1. The number of H-pyrrole nitrogens is 1. The number of aromatic amines is 1. The second-order valence-corrected chi connectivity index (χ2v) is 45.7. The number of rotatable bonds is 1. The lowest BCUT2D eigenvalue weighted by molar-refractivity contribution is -0.131. The molecule has 26 nitrogen and oxygen atoms in total. The quantitative estimate of drug-likeness (QED) is 0.155. The summed E-state index contributed by atoms with van der Waals surface area (Å²) in [4.78, 5) is 45.2. The number of likely N-dealkylation sites (tertiary alicyclic amines) is 1. The van der Waals surface area contributed by atoms with Crippen molar-refractivity contribution in [1.82, 2.24) is 103 Å². The second kappa shape index (κ2) is 44.4. The van der Waals surface area contributed by atoms with Crippen molar-refractivity contribution < 1.29 is 23.6 Å². The molecular weight excluding hydrogens is 1670 g/mol. The fraction of sp³-hybridized carbons (Fsp3) is 0.528. The number of pyridine rings is 4. The topological polar surface area (TPSA) is 269 Å². The maximum atomic E-state index is 11.1. The number of hydrogen-bond acceptors (Lipinski definition) is 17. The lowest BCUT2D eigenvalue weighted by Gasteiger charge is -2.32. The molecule has 2 saturated heterocycles. The van der Waals surface area contributed by atoms with Crippen LogP contribution in [-0.4, -0.2) is 152 Å². The first-order chi connectivity index (χ1) is 61.8. The van der Waals surface area contributed by atoms with Crippen molar-refractivity contribution in [3.05, 3.63) is 241 Å². The first-order valence-electron chi connectivity index (χ1n) is 47.0. The van der Waals surface area contributed by atoms with Gasteiger partial charge in [0.15, 0.2) is 22.5 Å². The van der Waals surface area contributed by atoms with Crippen LogP contribution in [0.15, 0.2) is 195 Å². The number of benzene rings is 2. The third-order valence-corrected chi connectivity index (χ3v) is 22.6. The van der Waals surface area contributed by atoms with Gasteiger partial charge in [-0.1, -0.05) is 233 Å². The average molecular weight is 1830 g/mol. The summed E-state index contributed by atoms with van der Waals surface area (Å²) in [6.45, 7) is 75.5. The predicted octanol–water partition coefficient (Wildman–Crippen LogP) is 24.0. The Morgan fingerprint density at radius 3 is 1.51 bits per heavy atom. The van der Waals surface area contributed by atoms with Crippen LogP contribution in [0, 0.1) is 0 Å². The first-order valence-corrected chi connectivity index (χ1v) is 47.0. The summed E-state index contributed by atoms with van der Waals surface area (Å²) >= 11 is 0. The SMILES string of the molecule is C.CC(C)(C)N1CCC(=O)N1.CC(C)(C)N1CCCC1=O.CC(C)(C)OC1CCC1.CC(C)(C)c1cccc2cn[nH]c12.CC(C)(C)c1cccc2cnoc12.CC(C)(C)c1cccc2nccn12.CC(C)(C)c1cccc2ncnn12.CC(C)(C)c1cccc2nncn12.CC(C)(C)c1cccn2ccnc12.CC(C)(C)c1cnn2c1COCC2.CC(C)(C)c1nccn2ccnc12. The van der Waals surface area contributed by atoms with E-state index < -0.39 is 0 Å². The number of nitrogens with zero attached hydrogens (tertiary/aromatic N) is 19. The Hall–Kier alpha value is -11.4. The Labute approximate surface area is 798 Å². The summed E-state index contributed by atoms with van der Waals surface area (Å²) in [5.74, 6) is 0.447. The molecule has 134 heavy (non-hydrogen) atoms. The van der Waals surface area contributed by atoms with Crippen molar-refractivity contribution in [1.29, 1.82) is 0 Å². The van der Waals surface area contributed by atoms with E-state index in [1.54, 1.807) is 25.0 Å². The number of nitrogens with one attached hydrogen (secondary N) is 2. The molecule has 0 bridgehead atoms. The molecule has 4 aliphatic rings. The summed E-state index contributed by atoms with van der Waals surface area (Å²) in [6.07, 6.45) is 33.0. The zero-order valence-electron chi connectivity index (χ0n) is 86.3. The number of carbonyl (C=O) groups excluding carboxylic acids is 2. The number of carbonyl (C=O) groups is 2. The molecule has 1 saturated carbocycles. The molecule has 16 heterocycles. The maximum absolute atomic E-state index is 11.1. The molecule has 2 N–H and O–H groups in total. The number of hydrazine groups is 1. The van der Waals surface area contributed by atoms with Crippen molar-refractivity contribution in [2.45, 2.75) is 354 Å². The summed E-state index contributed by atoms with van der Waals surface area (Å²) < 4.78 is 28.5. The smallest absolute Gasteiger partial charge is 0.235 e. The van der Waals surface area contributed by atoms with Crippen LogP contribution in [0.25, 0.3) is 50.1 Å². The lowest BCUT2D eigenvalue weighted by atomic mass is 9.86. The van der Waals surface area contributed by atoms with Gasteiger partial charge in [0.1, 0.15) is 23.9 Å². The monoisotopic (exact) mass is 1830 g/mol. The summed E-state index contributed by atoms with van der Waals surface area (Å²) in [6, 6.07) is 35.0. The Morgan fingerprint density at radius 2 is 0.993 bits per heavy atom. The molecule has 726 valence electrons. The zero-order chi connectivity index (χ0) is 98.3. The van der Waals surface area contributed by atoms with Crippen LogP contribution in [-0.2, 0) is 75.5 Å². The third kappa shape index (κ3) is 30.3. The van der Waals surface area contributed by atoms with Crippen LogP contribution in [0.2, 0.25) is 0 Å². The Kier molecular flexibility index (Phi) is 35.8. The van der Waals surface area contributed by atoms with Crippen molar-refractivity contribution in [3.63, 3.8) is 0 Å². The number of hydrogen-bond donors (Lipinski definition) is 2. The van der Waals surface area contributed by atoms with E-state index in [0.717, 1.165) is 89.5 Å². The average Bonchev–Trinajstić information content (AvgIpc) is 1.67. The molecule has 19 rings (SSSR count). The normalized spacial score (nSPS) is 14.5. The van der Waals surface area contributed by atoms with Gasteiger partial charge in [-0.25, -0.2) is 29.5 Å². The lowest BCUT2D eigenvalue weighted by Crippen LogP contribution is -2.46. The van der Waals surface area contributed by atoms with Gasteiger partial charge in [-0.05, 0) is 164 Å². The second-order valence-electron chi connectivity index (χ2n) is 45.7. The van der Waals surface area contributed by atoms with E-state index >= 15 is 0 Å². The highest BCUT2D eigenvalue weighted by Gasteiger charge is 2.32. The Balaban J connectivity index is 0.000000182. The number of fused-ring (bicyclic) bond motifs is 8. The van der Waals surface area contributed by atoms with Gasteiger partial charge in [0, 0.05) is 159 Å². The van der Waals surface area contributed by atoms with Crippen LogP contribution in [0.3, 0.4) is 0 Å². The highest BCUT2D eigenvalue weighted by atomic mass is 16.5. The minimum absolute atomic E-state index is 0. The zero-order valence-corrected chi connectivity index (χ0v) is 86.3. The Bertz CT molecular complexity index is 5360. The van der Waals surface area contributed by atoms with E-state index in [2.05, 4.69) is 369 Å². The van der Waals surface area contributed by atoms with Crippen LogP contribution in [0.4, 0.5) is 0 Å². The molecule has 0 spiro atoms. The number of aromatic nitrogens is 18. The molecular formula is C108H159N21O5. The summed E-state index contributed by atoms with van der Waals surface area (Å²) in [5, 5.41) is 31.6. The van der Waals surface area contributed by atoms with Crippen LogP contribution >= 0.6 is 0 Å². The van der Waals surface area contributed by atoms with Crippen molar-refractivity contribution in [2.75, 3.05) is 19.7 Å². The van der Waals surface area contributed by atoms with Crippen molar-refractivity contribution in [3.8, 4) is 0 Å². The van der Waals surface area contributed by atoms with Crippen molar-refractivity contribution >= 4 is 61.9 Å². The fourth-order valence-corrected chi connectivity index (χ4v) is 15.5. The van der Waals surface area contributed by atoms with E-state index in [-0.39, 0.29) is 73.3 Å². The molecule has 15 aromatic rings. The van der Waals surface area contributed by atoms with Gasteiger partial charge in [-0.2, -0.15) is 15.3 Å². The van der Waals surface area contributed by atoms with E-state index in [1.165, 1.54) is 69.7 Å². The Morgan fingerprint density at radius 1 is 0.448 bits per heavy atom. The van der Waals surface area contributed by atoms with Gasteiger partial charge in [-0.3, -0.25) is 34.2 Å². The molecule has 13 aromatic heterocycles. The highest BCUT2D eigenvalue weighted by molar-refractivity contribution is 5.82. The number of imidazole rings is 3. The van der Waals surface area contributed by atoms with Gasteiger partial charge in [-0.15, -0.1) is 10.2 Å². The van der Waals surface area contributed by atoms with E-state index in [1.807, 2.05) is 128 Å². The third-order valence-electron chi connectivity index (χ3n) is 22.6. The predicted molar refractivity (Wildman–Crippen MR) is 546 cm³/mol. The molecule has 3 fully saturated rings. The van der Waals surface area contributed by atoms with E-state index in [0.29, 0.717) is 25.0 Å². The standard InChI is InChI=1S/3C11H14N2.C11H13NO.3C10H13N3.C10H16N2O.C8H15NO.C8H16O.C7H14N2O.CH4/c1-11(2,3)9-5-4-7-13-8-6-12-10(9)13;1-11(2,3)9-5-4-6-10-12-7-8-13(9)10;2*1-11(2,3)9-6-4-5-8-7-12-13-10(8)9;1-10(2,3)8-9-12-5-7-13(9)6-4-11-8;1-10(2,3)8-5-4-6-9-12-11-7-13(8)9;1-10(2,3)8-5-4-6-9-11-7-12-13(8)9;1-10(2,3)8-6-11-12-4-5-13-7-9(8)12;1-8(2,3)9-6-4-5-7(9)10;1-8(2,3)9-7-5-4-6-7;1-7(2,3)9-5-4-6(10)8-9;/h2*4-8H,1-3H3;4-7H,1-3H3,(H,12,13);4*4-7H,1-3H3;6H,4-5,7H2,1-3H3;4-6H2,1-3H3;7H,4-6H2,1-3H3;4-5H2,1-3H3,(H,8,10);1H4. The van der Waals surface area contributed by atoms with Crippen molar-refractivity contribution in [2.24, 2.45) is 0 Å². The number of amides is 2. The van der Waals surface area contributed by atoms with Gasteiger partial charge in [0.25, 0.3) is 0 Å². The largest absolute Gasteiger partial charge is 0.373 e. The van der Waals surface area contributed by atoms with Gasteiger partial charge in [0.2, 0.25) is 11.8 Å². The van der Waals surface area contributed by atoms with E-state index in [4.69, 9.17) is 14.0 Å². The number of para-hydroxylation sites is 2. The molecule has 26 heteroatoms. The fourth-order valence-electron chi connectivity index (χ4n) is 15.5. The maximum Gasteiger partial charge on any atom is 0.235 e. The molecule has 3 aliphatic heterocycles. The first kappa shape index (κ1) is 108. The van der Waals surface area contributed by atoms with Crippen LogP contribution in [0.1, 0.15) is 325 Å². The minimum atomic E-state index is 0. The van der Waals surface area contributed by atoms with Crippen LogP contribution in [0.5, 0.6) is 0 Å². The van der Waals surface area contributed by atoms with Gasteiger partial charge in [0.05, 0.1) is 67.0 Å². The molecule has 0 atom stereocenters. The minimum Gasteiger partial charge on any atom is -0.373 e. The number of ether oxygens (including phenoxy) is 2. The molecule has 2 amide bonds. The summed E-state index contributed by atoms with van der Waals surface area (Å²) in [7, 11) is 0. The molecule has 1 aliphatic carbocycles. The van der Waals surface area contributed by atoms with Crippen LogP contribution < -0.4 is 5.43 Å². The van der Waals surface area contributed by atoms with E-state index in [9.17, 15) is 9.59 Å². The highest BCUT2D eigenvalue weighted by Crippen LogP contribution is 2.35. The molecule has 0 unspecified atom stereocenters. The van der Waals surface area contributed by atoms with Gasteiger partial charge < -0.3 is 32.1 Å².